The summed E-state index contributed by atoms with van der Waals surface area (Å²) in [6.07, 6.45) is 0.748. The molecule has 1 aromatic rings. The van der Waals surface area contributed by atoms with E-state index in [1.165, 1.54) is 0 Å². The first-order valence-corrected chi connectivity index (χ1v) is 4.38. The van der Waals surface area contributed by atoms with E-state index in [4.69, 9.17) is 5.11 Å². The van der Waals surface area contributed by atoms with Gasteiger partial charge in [-0.15, -0.1) is 0 Å². The van der Waals surface area contributed by atoms with Crippen LogP contribution in [0.4, 0.5) is 0 Å². The average molecular weight is 209 g/mol. The van der Waals surface area contributed by atoms with Crippen molar-refractivity contribution in [1.29, 1.82) is 0 Å². The van der Waals surface area contributed by atoms with Crippen molar-refractivity contribution >= 4 is 12.4 Å². The number of nitrogens with one attached hydrogen (secondary N) is 1. The highest BCUT2D eigenvalue weighted by Crippen LogP contribution is 2.06. The Morgan fingerprint density at radius 2 is 2.33 bits per heavy atom. The summed E-state index contributed by atoms with van der Waals surface area (Å²) in [5.74, 6) is -0.637. The van der Waals surface area contributed by atoms with Crippen LogP contribution in [-0.4, -0.2) is 24.1 Å². The number of aliphatic hydroxyl groups is 1. The van der Waals surface area contributed by atoms with Crippen LogP contribution in [0.15, 0.2) is 24.3 Å². The van der Waals surface area contributed by atoms with Gasteiger partial charge < -0.3 is 9.94 Å². The molecule has 5 heteroatoms. The van der Waals surface area contributed by atoms with Crippen LogP contribution in [0.2, 0.25) is 0 Å². The molecule has 1 aromatic carbocycles. The lowest BCUT2D eigenvalue weighted by molar-refractivity contribution is -0.117. The summed E-state index contributed by atoms with van der Waals surface area (Å²) < 4.78 is 0. The quantitative estimate of drug-likeness (QED) is 0.530. The van der Waals surface area contributed by atoms with E-state index in [1.54, 1.807) is 24.3 Å². The SMILES string of the molecule is O=CNOC(=O)c1cccc(CCO)c1. The number of hydroxylamine groups is 1. The fourth-order valence-electron chi connectivity index (χ4n) is 1.12. The van der Waals surface area contributed by atoms with Crippen LogP contribution in [0.25, 0.3) is 0 Å². The van der Waals surface area contributed by atoms with Crippen molar-refractivity contribution in [2.75, 3.05) is 6.61 Å². The number of carbonyl (C=O) groups excluding carboxylic acids is 2. The van der Waals surface area contributed by atoms with Gasteiger partial charge in [0.15, 0.2) is 0 Å². The first kappa shape index (κ1) is 11.2. The maximum absolute atomic E-state index is 11.3. The zero-order chi connectivity index (χ0) is 11.1. The molecule has 0 atom stereocenters. The predicted molar refractivity (Wildman–Crippen MR) is 51.8 cm³/mol. The molecule has 80 valence electrons. The lowest BCUT2D eigenvalue weighted by Crippen LogP contribution is -2.18. The molecule has 0 spiro atoms. The van der Waals surface area contributed by atoms with Crippen LogP contribution >= 0.6 is 0 Å². The molecular formula is C10H11NO4. The van der Waals surface area contributed by atoms with E-state index in [2.05, 4.69) is 4.84 Å². The van der Waals surface area contributed by atoms with Gasteiger partial charge in [-0.2, -0.15) is 5.48 Å². The largest absolute Gasteiger partial charge is 0.396 e. The van der Waals surface area contributed by atoms with E-state index in [0.717, 1.165) is 5.56 Å². The first-order chi connectivity index (χ1) is 7.27. The normalized spacial score (nSPS) is 9.40. The van der Waals surface area contributed by atoms with Crippen molar-refractivity contribution in [3.63, 3.8) is 0 Å². The van der Waals surface area contributed by atoms with Crippen molar-refractivity contribution in [2.24, 2.45) is 0 Å². The standard InChI is InChI=1S/C10H11NO4/c12-5-4-8-2-1-3-9(6-8)10(14)15-11-7-13/h1-3,6-7,12H,4-5H2,(H,11,13). The van der Waals surface area contributed by atoms with Crippen LogP contribution < -0.4 is 5.48 Å². The van der Waals surface area contributed by atoms with Gasteiger partial charge in [0.1, 0.15) is 0 Å². The summed E-state index contributed by atoms with van der Waals surface area (Å²) in [7, 11) is 0. The van der Waals surface area contributed by atoms with E-state index < -0.39 is 5.97 Å². The van der Waals surface area contributed by atoms with Crippen molar-refractivity contribution in [3.05, 3.63) is 35.4 Å². The fourth-order valence-corrected chi connectivity index (χ4v) is 1.12. The minimum atomic E-state index is -0.637. The molecule has 5 nitrogen and oxygen atoms in total. The molecule has 0 fully saturated rings. The number of amides is 1. The van der Waals surface area contributed by atoms with Gasteiger partial charge in [0.2, 0.25) is 6.41 Å². The number of benzene rings is 1. The van der Waals surface area contributed by atoms with Gasteiger partial charge in [-0.1, -0.05) is 12.1 Å². The topological polar surface area (TPSA) is 75.6 Å². The Labute approximate surface area is 86.6 Å². The average Bonchev–Trinajstić information content (AvgIpc) is 2.27. The van der Waals surface area contributed by atoms with E-state index in [1.807, 2.05) is 5.48 Å². The molecule has 15 heavy (non-hydrogen) atoms. The Morgan fingerprint density at radius 1 is 1.53 bits per heavy atom. The number of hydrogen-bond donors (Lipinski definition) is 2. The molecule has 2 N–H and O–H groups in total. The highest BCUT2D eigenvalue weighted by Gasteiger charge is 2.07. The summed E-state index contributed by atoms with van der Waals surface area (Å²) in [4.78, 5) is 25.5. The molecule has 0 heterocycles. The van der Waals surface area contributed by atoms with Crippen LogP contribution in [0, 0.1) is 0 Å². The minimum absolute atomic E-state index is 0.0189. The Bertz CT molecular complexity index is 351. The zero-order valence-electron chi connectivity index (χ0n) is 7.97. The van der Waals surface area contributed by atoms with Crippen molar-refractivity contribution in [1.82, 2.24) is 5.48 Å². The van der Waals surface area contributed by atoms with Gasteiger partial charge >= 0.3 is 5.97 Å². The van der Waals surface area contributed by atoms with Gasteiger partial charge in [0.25, 0.3) is 0 Å². The van der Waals surface area contributed by atoms with Crippen LogP contribution in [0.3, 0.4) is 0 Å². The molecule has 0 aromatic heterocycles. The third kappa shape index (κ3) is 3.40. The van der Waals surface area contributed by atoms with Crippen molar-refractivity contribution in [3.8, 4) is 0 Å². The van der Waals surface area contributed by atoms with Gasteiger partial charge in [0.05, 0.1) is 5.56 Å². The molecule has 0 aliphatic carbocycles. The molecule has 1 rings (SSSR count). The zero-order valence-corrected chi connectivity index (χ0v) is 7.97. The number of hydrogen-bond acceptors (Lipinski definition) is 4. The summed E-state index contributed by atoms with van der Waals surface area (Å²) in [5.41, 5.74) is 2.98. The van der Waals surface area contributed by atoms with E-state index in [9.17, 15) is 9.59 Å². The predicted octanol–water partition coefficient (Wildman–Crippen LogP) is 0.0392. The third-order valence-electron chi connectivity index (χ3n) is 1.76. The van der Waals surface area contributed by atoms with Gasteiger partial charge in [-0.05, 0) is 24.1 Å². The van der Waals surface area contributed by atoms with Crippen LogP contribution in [0.5, 0.6) is 0 Å². The maximum Gasteiger partial charge on any atom is 0.362 e. The van der Waals surface area contributed by atoms with Crippen LogP contribution in [0.1, 0.15) is 15.9 Å². The highest BCUT2D eigenvalue weighted by molar-refractivity contribution is 5.89. The minimum Gasteiger partial charge on any atom is -0.396 e. The Balaban J connectivity index is 2.71. The molecule has 0 radical (unpaired) electrons. The Kier molecular flexibility index (Phi) is 4.30. The van der Waals surface area contributed by atoms with Crippen molar-refractivity contribution < 1.29 is 19.5 Å². The smallest absolute Gasteiger partial charge is 0.362 e. The highest BCUT2D eigenvalue weighted by atomic mass is 16.7. The number of aliphatic hydroxyl groups excluding tert-OH is 1. The monoisotopic (exact) mass is 209 g/mol. The Morgan fingerprint density at radius 3 is 3.00 bits per heavy atom. The molecule has 0 bridgehead atoms. The molecule has 0 saturated carbocycles. The van der Waals surface area contributed by atoms with E-state index >= 15 is 0 Å². The van der Waals surface area contributed by atoms with Crippen LogP contribution in [-0.2, 0) is 16.1 Å². The number of carbonyl (C=O) groups is 2. The molecule has 0 saturated heterocycles. The third-order valence-corrected chi connectivity index (χ3v) is 1.76. The molecule has 0 aliphatic rings. The summed E-state index contributed by atoms with van der Waals surface area (Å²) in [5, 5.41) is 8.72. The van der Waals surface area contributed by atoms with Gasteiger partial charge in [-0.25, -0.2) is 4.79 Å². The molecule has 0 unspecified atom stereocenters. The lowest BCUT2D eigenvalue weighted by atomic mass is 10.1. The van der Waals surface area contributed by atoms with Crippen molar-refractivity contribution in [2.45, 2.75) is 6.42 Å². The van der Waals surface area contributed by atoms with Gasteiger partial charge in [-0.3, -0.25) is 4.79 Å². The first-order valence-electron chi connectivity index (χ1n) is 4.38. The summed E-state index contributed by atoms with van der Waals surface area (Å²) in [6, 6.07) is 6.64. The summed E-state index contributed by atoms with van der Waals surface area (Å²) >= 11 is 0. The fraction of sp³-hybridized carbons (Fsp3) is 0.200. The lowest BCUT2D eigenvalue weighted by Gasteiger charge is -2.03. The second-order valence-electron chi connectivity index (χ2n) is 2.80. The van der Waals surface area contributed by atoms with E-state index in [0.29, 0.717) is 12.0 Å². The maximum atomic E-state index is 11.3. The summed E-state index contributed by atoms with van der Waals surface area (Å²) in [6.45, 7) is 0.0189. The molecule has 0 aliphatic heterocycles. The van der Waals surface area contributed by atoms with E-state index in [-0.39, 0.29) is 13.0 Å². The molecular weight excluding hydrogens is 198 g/mol. The van der Waals surface area contributed by atoms with Gasteiger partial charge in [0, 0.05) is 6.61 Å². The Hall–Kier alpha value is -1.88. The second kappa shape index (κ2) is 5.77. The molecule has 1 amide bonds. The second-order valence-corrected chi connectivity index (χ2v) is 2.80. The number of rotatable bonds is 5.